The van der Waals surface area contributed by atoms with Crippen molar-refractivity contribution in [3.05, 3.63) is 35.9 Å². The van der Waals surface area contributed by atoms with E-state index in [1.54, 1.807) is 7.11 Å². The van der Waals surface area contributed by atoms with Crippen molar-refractivity contribution in [2.45, 2.75) is 48.1 Å². The molecule has 0 heterocycles. The molecule has 3 nitrogen and oxygen atoms in total. The summed E-state index contributed by atoms with van der Waals surface area (Å²) >= 11 is 0. The summed E-state index contributed by atoms with van der Waals surface area (Å²) in [6.07, 6.45) is 0. The van der Waals surface area contributed by atoms with E-state index < -0.39 is 0 Å². The van der Waals surface area contributed by atoms with Crippen molar-refractivity contribution in [3.63, 3.8) is 0 Å². The van der Waals surface area contributed by atoms with E-state index in [4.69, 9.17) is 14.2 Å². The molecule has 3 heteroatoms. The molecule has 0 atom stereocenters. The molecule has 1 aromatic carbocycles. The number of rotatable bonds is 7. The number of hydrogen-bond acceptors (Lipinski definition) is 3. The molecule has 0 bridgehead atoms. The minimum Gasteiger partial charge on any atom is -0.382 e. The topological polar surface area (TPSA) is 27.7 Å². The Morgan fingerprint density at radius 1 is 0.739 bits per heavy atom. The Labute approximate surface area is 143 Å². The van der Waals surface area contributed by atoms with Crippen molar-refractivity contribution in [2.75, 3.05) is 33.5 Å². The summed E-state index contributed by atoms with van der Waals surface area (Å²) in [6, 6.07) is 10.3. The molecule has 0 amide bonds. The van der Waals surface area contributed by atoms with E-state index in [0.717, 1.165) is 19.8 Å². The predicted octanol–water partition coefficient (Wildman–Crippen LogP) is 4.94. The third-order valence-electron chi connectivity index (χ3n) is 2.61. The third kappa shape index (κ3) is 17.3. The summed E-state index contributed by atoms with van der Waals surface area (Å²) in [6.45, 7) is 16.7. The number of hydrogen-bond donors (Lipinski definition) is 0. The minimum absolute atomic E-state index is 0.259. The van der Waals surface area contributed by atoms with Gasteiger partial charge in [-0.05, 0) is 16.4 Å². The first-order valence-electron chi connectivity index (χ1n) is 8.32. The minimum atomic E-state index is 0.259. The van der Waals surface area contributed by atoms with Gasteiger partial charge in [0, 0.05) is 7.11 Å². The van der Waals surface area contributed by atoms with E-state index in [9.17, 15) is 0 Å². The fourth-order valence-electron chi connectivity index (χ4n) is 1.57. The second-order valence-corrected chi connectivity index (χ2v) is 8.15. The van der Waals surface area contributed by atoms with Crippen LogP contribution < -0.4 is 0 Å². The van der Waals surface area contributed by atoms with Gasteiger partial charge < -0.3 is 14.2 Å². The maximum Gasteiger partial charge on any atom is 0.0717 e. The van der Waals surface area contributed by atoms with Crippen molar-refractivity contribution in [1.29, 1.82) is 0 Å². The molecule has 1 aromatic rings. The van der Waals surface area contributed by atoms with Crippen molar-refractivity contribution in [2.24, 2.45) is 10.8 Å². The molecule has 23 heavy (non-hydrogen) atoms. The van der Waals surface area contributed by atoms with Crippen LogP contribution in [0.25, 0.3) is 0 Å². The Bertz CT molecular complexity index is 374. The zero-order valence-electron chi connectivity index (χ0n) is 16.1. The van der Waals surface area contributed by atoms with E-state index in [1.165, 1.54) is 5.56 Å². The van der Waals surface area contributed by atoms with E-state index in [-0.39, 0.29) is 10.8 Å². The lowest BCUT2D eigenvalue weighted by molar-refractivity contribution is 0.0337. The van der Waals surface area contributed by atoms with Crippen LogP contribution in [0.2, 0.25) is 0 Å². The third-order valence-corrected chi connectivity index (χ3v) is 2.61. The SMILES string of the molecule is CC(C)(C)COCc1ccccc1.COCCOCC(C)(C)C. The Morgan fingerprint density at radius 2 is 1.26 bits per heavy atom. The quantitative estimate of drug-likeness (QED) is 0.665. The van der Waals surface area contributed by atoms with E-state index in [2.05, 4.69) is 53.7 Å². The van der Waals surface area contributed by atoms with Gasteiger partial charge in [0.15, 0.2) is 0 Å². The number of benzene rings is 1. The first kappa shape index (κ1) is 22.1. The summed E-state index contributed by atoms with van der Waals surface area (Å²) in [7, 11) is 1.68. The molecule has 0 aromatic heterocycles. The van der Waals surface area contributed by atoms with Crippen LogP contribution >= 0.6 is 0 Å². The Morgan fingerprint density at radius 3 is 1.74 bits per heavy atom. The molecule has 0 fully saturated rings. The van der Waals surface area contributed by atoms with Crippen LogP contribution in [0.4, 0.5) is 0 Å². The molecule has 0 spiro atoms. The standard InChI is InChI=1S/C12H18O.C8H18O2/c1-12(2,3)10-13-9-11-7-5-4-6-8-11;1-8(2,3)7-10-6-5-9-4/h4-8H,9-10H2,1-3H3;5-7H2,1-4H3. The molecule has 0 aliphatic heterocycles. The van der Waals surface area contributed by atoms with E-state index in [1.807, 2.05) is 18.2 Å². The van der Waals surface area contributed by atoms with Crippen molar-refractivity contribution in [1.82, 2.24) is 0 Å². The summed E-state index contributed by atoms with van der Waals surface area (Å²) in [5.74, 6) is 0. The van der Waals surface area contributed by atoms with Crippen LogP contribution in [0.1, 0.15) is 47.1 Å². The molecule has 0 unspecified atom stereocenters. The van der Waals surface area contributed by atoms with Crippen LogP contribution in [0, 0.1) is 10.8 Å². The van der Waals surface area contributed by atoms with Crippen molar-refractivity contribution in [3.8, 4) is 0 Å². The normalized spacial score (nSPS) is 11.8. The maximum atomic E-state index is 5.58. The number of ether oxygens (including phenoxy) is 3. The van der Waals surface area contributed by atoms with E-state index >= 15 is 0 Å². The molecule has 0 aliphatic carbocycles. The smallest absolute Gasteiger partial charge is 0.0717 e. The Balaban J connectivity index is 0.000000438. The fraction of sp³-hybridized carbons (Fsp3) is 0.700. The van der Waals surface area contributed by atoms with Gasteiger partial charge in [-0.1, -0.05) is 71.9 Å². The lowest BCUT2D eigenvalue weighted by Crippen LogP contribution is -2.16. The second-order valence-electron chi connectivity index (χ2n) is 8.15. The summed E-state index contributed by atoms with van der Waals surface area (Å²) in [4.78, 5) is 0. The van der Waals surface area contributed by atoms with Gasteiger partial charge >= 0.3 is 0 Å². The monoisotopic (exact) mass is 324 g/mol. The molecule has 134 valence electrons. The average molecular weight is 325 g/mol. The first-order valence-corrected chi connectivity index (χ1v) is 8.32. The maximum absolute atomic E-state index is 5.58. The summed E-state index contributed by atoms with van der Waals surface area (Å²) < 4.78 is 15.7. The Hall–Kier alpha value is -0.900. The van der Waals surface area contributed by atoms with Gasteiger partial charge in [-0.3, -0.25) is 0 Å². The summed E-state index contributed by atoms with van der Waals surface area (Å²) in [5.41, 5.74) is 1.77. The van der Waals surface area contributed by atoms with Crippen LogP contribution in [0.3, 0.4) is 0 Å². The molecule has 1 rings (SSSR count). The van der Waals surface area contributed by atoms with Gasteiger partial charge in [0.25, 0.3) is 0 Å². The molecular formula is C20H36O3. The van der Waals surface area contributed by atoms with Crippen LogP contribution in [0.5, 0.6) is 0 Å². The van der Waals surface area contributed by atoms with Gasteiger partial charge in [0.2, 0.25) is 0 Å². The van der Waals surface area contributed by atoms with E-state index in [0.29, 0.717) is 13.2 Å². The highest BCUT2D eigenvalue weighted by Crippen LogP contribution is 2.14. The molecule has 0 radical (unpaired) electrons. The highest BCUT2D eigenvalue weighted by Gasteiger charge is 2.09. The highest BCUT2D eigenvalue weighted by molar-refractivity contribution is 5.13. The van der Waals surface area contributed by atoms with Crippen LogP contribution in [0.15, 0.2) is 30.3 Å². The lowest BCUT2D eigenvalue weighted by Gasteiger charge is -2.17. The zero-order chi connectivity index (χ0) is 17.8. The van der Waals surface area contributed by atoms with Gasteiger partial charge in [0.1, 0.15) is 0 Å². The van der Waals surface area contributed by atoms with Gasteiger partial charge in [0.05, 0.1) is 33.0 Å². The molecule has 0 N–H and O–H groups in total. The van der Waals surface area contributed by atoms with Crippen LogP contribution in [-0.2, 0) is 20.8 Å². The van der Waals surface area contributed by atoms with Gasteiger partial charge in [-0.25, -0.2) is 0 Å². The van der Waals surface area contributed by atoms with Crippen molar-refractivity contribution >= 4 is 0 Å². The van der Waals surface area contributed by atoms with Crippen LogP contribution in [-0.4, -0.2) is 33.5 Å². The largest absolute Gasteiger partial charge is 0.382 e. The number of methoxy groups -OCH3 is 1. The van der Waals surface area contributed by atoms with Crippen molar-refractivity contribution < 1.29 is 14.2 Å². The summed E-state index contributed by atoms with van der Waals surface area (Å²) in [5, 5.41) is 0. The highest BCUT2D eigenvalue weighted by atomic mass is 16.5. The lowest BCUT2D eigenvalue weighted by atomic mass is 9.99. The zero-order valence-corrected chi connectivity index (χ0v) is 16.1. The Kier molecular flexibility index (Phi) is 11.2. The average Bonchev–Trinajstić information content (AvgIpc) is 2.43. The van der Waals surface area contributed by atoms with Gasteiger partial charge in [-0.15, -0.1) is 0 Å². The molecular weight excluding hydrogens is 288 g/mol. The van der Waals surface area contributed by atoms with Gasteiger partial charge in [-0.2, -0.15) is 0 Å². The molecule has 0 saturated carbocycles. The predicted molar refractivity (Wildman–Crippen MR) is 97.7 cm³/mol. The molecule has 0 saturated heterocycles. The fourth-order valence-corrected chi connectivity index (χ4v) is 1.57. The molecule has 0 aliphatic rings. The second kappa shape index (κ2) is 11.6. The first-order chi connectivity index (χ1) is 10.6.